The molecule has 0 aromatic rings. The van der Waals surface area contributed by atoms with Gasteiger partial charge >= 0.3 is 6.09 Å². The third-order valence-corrected chi connectivity index (χ3v) is 2.52. The van der Waals surface area contributed by atoms with Gasteiger partial charge in [-0.2, -0.15) is 0 Å². The number of cyclic esters (lactones) is 1. The summed E-state index contributed by atoms with van der Waals surface area (Å²) in [5.41, 5.74) is 0.0330. The second-order valence-corrected chi connectivity index (χ2v) is 3.85. The second-order valence-electron chi connectivity index (χ2n) is 3.85. The Morgan fingerprint density at radius 3 is 2.64 bits per heavy atom. The first-order valence-electron chi connectivity index (χ1n) is 4.13. The number of ether oxygens (including phenoxy) is 1. The molecule has 1 saturated heterocycles. The molecule has 3 nitrogen and oxygen atoms in total. The Balaban J connectivity index is 2.15. The number of hydrogen-bond donors (Lipinski definition) is 1. The Kier molecular flexibility index (Phi) is 1.20. The predicted molar refractivity (Wildman–Crippen MR) is 40.2 cm³/mol. The minimum absolute atomic E-state index is 0.0330. The highest BCUT2D eigenvalue weighted by atomic mass is 16.6. The molecule has 1 aliphatic carbocycles. The molecule has 1 atom stereocenters. The van der Waals surface area contributed by atoms with E-state index in [9.17, 15) is 4.79 Å². The van der Waals surface area contributed by atoms with Crippen molar-refractivity contribution in [2.45, 2.75) is 38.3 Å². The monoisotopic (exact) mass is 155 g/mol. The highest BCUT2D eigenvalue weighted by Crippen LogP contribution is 2.45. The fourth-order valence-electron chi connectivity index (χ4n) is 1.85. The molecule has 2 rings (SSSR count). The molecule has 0 radical (unpaired) electrons. The van der Waals surface area contributed by atoms with Crippen LogP contribution < -0.4 is 5.32 Å². The Labute approximate surface area is 66.1 Å². The van der Waals surface area contributed by atoms with Crippen molar-refractivity contribution in [2.75, 3.05) is 0 Å². The fraction of sp³-hybridized carbons (Fsp3) is 0.875. The van der Waals surface area contributed by atoms with Gasteiger partial charge < -0.3 is 10.1 Å². The molecule has 0 aromatic carbocycles. The highest BCUT2D eigenvalue weighted by molar-refractivity contribution is 5.72. The summed E-state index contributed by atoms with van der Waals surface area (Å²) in [6.07, 6.45) is 2.04. The molecule has 1 unspecified atom stereocenters. The van der Waals surface area contributed by atoms with Crippen molar-refractivity contribution in [3.8, 4) is 0 Å². The SMILES string of the molecule is CC(C)C1OC(=O)NC12CC2. The Morgan fingerprint density at radius 2 is 2.27 bits per heavy atom. The maximum atomic E-state index is 10.9. The van der Waals surface area contributed by atoms with Gasteiger partial charge in [-0.25, -0.2) is 4.79 Å². The van der Waals surface area contributed by atoms with E-state index in [1.807, 2.05) is 0 Å². The average Bonchev–Trinajstić information content (AvgIpc) is 2.54. The highest BCUT2D eigenvalue weighted by Gasteiger charge is 2.58. The van der Waals surface area contributed by atoms with E-state index in [1.54, 1.807) is 0 Å². The third kappa shape index (κ3) is 0.905. The Bertz CT molecular complexity index is 196. The summed E-state index contributed by atoms with van der Waals surface area (Å²) in [5, 5.41) is 2.87. The van der Waals surface area contributed by atoms with Gasteiger partial charge in [0, 0.05) is 0 Å². The maximum Gasteiger partial charge on any atom is 0.408 e. The largest absolute Gasteiger partial charge is 0.443 e. The quantitative estimate of drug-likeness (QED) is 0.619. The van der Waals surface area contributed by atoms with Gasteiger partial charge in [-0.15, -0.1) is 0 Å². The standard InChI is InChI=1S/C8H13NO2/c1-5(2)6-8(3-4-8)9-7(10)11-6/h5-6H,3-4H2,1-2H3,(H,9,10). The topological polar surface area (TPSA) is 38.3 Å². The van der Waals surface area contributed by atoms with Gasteiger partial charge in [-0.1, -0.05) is 13.8 Å². The predicted octanol–water partition coefficient (Wildman–Crippen LogP) is 1.28. The molecule has 62 valence electrons. The van der Waals surface area contributed by atoms with E-state index in [0.717, 1.165) is 12.8 Å². The van der Waals surface area contributed by atoms with Crippen LogP contribution in [0.1, 0.15) is 26.7 Å². The summed E-state index contributed by atoms with van der Waals surface area (Å²) >= 11 is 0. The zero-order valence-corrected chi connectivity index (χ0v) is 6.89. The van der Waals surface area contributed by atoms with E-state index in [-0.39, 0.29) is 17.7 Å². The summed E-state index contributed by atoms with van der Waals surface area (Å²) < 4.78 is 5.15. The molecule has 1 N–H and O–H groups in total. The summed E-state index contributed by atoms with van der Waals surface area (Å²) in [7, 11) is 0. The van der Waals surface area contributed by atoms with Crippen LogP contribution in [0.2, 0.25) is 0 Å². The summed E-state index contributed by atoms with van der Waals surface area (Å²) in [6, 6.07) is 0. The number of nitrogens with one attached hydrogen (secondary N) is 1. The minimum Gasteiger partial charge on any atom is -0.443 e. The fourth-order valence-corrected chi connectivity index (χ4v) is 1.85. The van der Waals surface area contributed by atoms with Crippen molar-refractivity contribution < 1.29 is 9.53 Å². The lowest BCUT2D eigenvalue weighted by Gasteiger charge is -2.18. The van der Waals surface area contributed by atoms with Crippen LogP contribution in [0.15, 0.2) is 0 Å². The van der Waals surface area contributed by atoms with Crippen molar-refractivity contribution in [2.24, 2.45) is 5.92 Å². The van der Waals surface area contributed by atoms with Crippen molar-refractivity contribution >= 4 is 6.09 Å². The van der Waals surface area contributed by atoms with Crippen LogP contribution in [0, 0.1) is 5.92 Å². The van der Waals surface area contributed by atoms with Gasteiger partial charge in [0.15, 0.2) is 0 Å². The number of alkyl carbamates (subject to hydrolysis) is 1. The van der Waals surface area contributed by atoms with Gasteiger partial charge in [0.05, 0.1) is 5.54 Å². The van der Waals surface area contributed by atoms with Crippen LogP contribution in [0.25, 0.3) is 0 Å². The molecule has 0 bridgehead atoms. The smallest absolute Gasteiger partial charge is 0.408 e. The van der Waals surface area contributed by atoms with Crippen LogP contribution >= 0.6 is 0 Å². The van der Waals surface area contributed by atoms with E-state index in [2.05, 4.69) is 19.2 Å². The van der Waals surface area contributed by atoms with Gasteiger partial charge in [0.2, 0.25) is 0 Å². The van der Waals surface area contributed by atoms with E-state index in [1.165, 1.54) is 0 Å². The van der Waals surface area contributed by atoms with Crippen LogP contribution in [0.5, 0.6) is 0 Å². The van der Waals surface area contributed by atoms with E-state index in [4.69, 9.17) is 4.74 Å². The van der Waals surface area contributed by atoms with E-state index in [0.29, 0.717) is 5.92 Å². The summed E-state index contributed by atoms with van der Waals surface area (Å²) in [5.74, 6) is 0.427. The van der Waals surface area contributed by atoms with E-state index < -0.39 is 0 Å². The average molecular weight is 155 g/mol. The van der Waals surface area contributed by atoms with E-state index >= 15 is 0 Å². The number of hydrogen-bond acceptors (Lipinski definition) is 2. The molecule has 1 saturated carbocycles. The van der Waals surface area contributed by atoms with Gasteiger partial charge in [0.1, 0.15) is 6.10 Å². The molecule has 3 heteroatoms. The van der Waals surface area contributed by atoms with Gasteiger partial charge in [0.25, 0.3) is 0 Å². The first kappa shape index (κ1) is 6.95. The Morgan fingerprint density at radius 1 is 1.64 bits per heavy atom. The first-order chi connectivity index (χ1) is 5.14. The lowest BCUT2D eigenvalue weighted by atomic mass is 9.99. The van der Waals surface area contributed by atoms with Gasteiger partial charge in [-0.3, -0.25) is 0 Å². The molecular weight excluding hydrogens is 142 g/mol. The zero-order valence-electron chi connectivity index (χ0n) is 6.89. The van der Waals surface area contributed by atoms with Gasteiger partial charge in [-0.05, 0) is 18.8 Å². The number of carbonyl (C=O) groups excluding carboxylic acids is 1. The van der Waals surface area contributed by atoms with Crippen LogP contribution in [0.3, 0.4) is 0 Å². The molecule has 11 heavy (non-hydrogen) atoms. The summed E-state index contributed by atoms with van der Waals surface area (Å²) in [4.78, 5) is 10.9. The van der Waals surface area contributed by atoms with Crippen molar-refractivity contribution in [3.63, 3.8) is 0 Å². The van der Waals surface area contributed by atoms with Crippen LogP contribution in [-0.4, -0.2) is 17.7 Å². The molecule has 1 heterocycles. The first-order valence-corrected chi connectivity index (χ1v) is 4.13. The van der Waals surface area contributed by atoms with Crippen LogP contribution in [0.4, 0.5) is 4.79 Å². The normalized spacial score (nSPS) is 32.3. The number of amides is 1. The lowest BCUT2D eigenvalue weighted by molar-refractivity contribution is 0.0978. The molecule has 1 amide bonds. The van der Waals surface area contributed by atoms with Crippen molar-refractivity contribution in [1.82, 2.24) is 5.32 Å². The molecule has 1 aliphatic heterocycles. The molecular formula is C8H13NO2. The molecule has 0 aromatic heterocycles. The number of carbonyl (C=O) groups is 1. The Hall–Kier alpha value is -0.730. The zero-order chi connectivity index (χ0) is 8.06. The van der Waals surface area contributed by atoms with Crippen molar-refractivity contribution in [3.05, 3.63) is 0 Å². The van der Waals surface area contributed by atoms with Crippen molar-refractivity contribution in [1.29, 1.82) is 0 Å². The molecule has 1 spiro atoms. The minimum atomic E-state index is -0.235. The maximum absolute atomic E-state index is 10.9. The summed E-state index contributed by atoms with van der Waals surface area (Å²) in [6.45, 7) is 4.18. The number of rotatable bonds is 1. The third-order valence-electron chi connectivity index (χ3n) is 2.52. The van der Waals surface area contributed by atoms with Crippen LogP contribution in [-0.2, 0) is 4.74 Å². The second kappa shape index (κ2) is 1.90. The molecule has 2 fully saturated rings. The lowest BCUT2D eigenvalue weighted by Crippen LogP contribution is -2.36. The molecule has 2 aliphatic rings.